The molecule has 0 amide bonds. The fraction of sp³-hybridized carbons (Fsp3) is 0. The summed E-state index contributed by atoms with van der Waals surface area (Å²) in [4.78, 5) is 0. The van der Waals surface area contributed by atoms with Crippen molar-refractivity contribution in [2.75, 3.05) is 0 Å². The average Bonchev–Trinajstić information content (AvgIpc) is 2.95. The maximum Gasteiger partial charge on any atom is 0.141 e. The minimum absolute atomic E-state index is 0.297. The van der Waals surface area contributed by atoms with Crippen LogP contribution in [0.1, 0.15) is 0 Å². The molecule has 0 bridgehead atoms. The summed E-state index contributed by atoms with van der Waals surface area (Å²) in [7, 11) is 0. The summed E-state index contributed by atoms with van der Waals surface area (Å²) in [6.07, 6.45) is 1.41. The largest absolute Gasteiger partial charge is 0.237 e. The molecular weight excluding hydrogens is 275 g/mol. The molecule has 3 heteroatoms. The van der Waals surface area contributed by atoms with Gasteiger partial charge in [-0.1, -0.05) is 60.7 Å². The first kappa shape index (κ1) is 12.8. The lowest BCUT2D eigenvalue weighted by atomic mass is 10.00. The number of rotatable bonds is 2. The number of hydrogen-bond donors (Lipinski definition) is 0. The zero-order valence-electron chi connectivity index (χ0n) is 11.8. The molecule has 2 nitrogen and oxygen atoms in total. The maximum atomic E-state index is 13.5. The van der Waals surface area contributed by atoms with Crippen molar-refractivity contribution in [1.82, 2.24) is 9.61 Å². The number of halogens is 1. The molecule has 0 saturated carbocycles. The molecular formula is C19H13FN2. The third-order valence-corrected chi connectivity index (χ3v) is 3.70. The molecule has 0 fully saturated rings. The van der Waals surface area contributed by atoms with Crippen molar-refractivity contribution in [1.29, 1.82) is 0 Å². The van der Waals surface area contributed by atoms with Gasteiger partial charge in [0, 0.05) is 11.1 Å². The van der Waals surface area contributed by atoms with Gasteiger partial charge in [-0.05, 0) is 17.7 Å². The number of aromatic nitrogens is 2. The van der Waals surface area contributed by atoms with Gasteiger partial charge in [0.25, 0.3) is 0 Å². The number of hydrogen-bond acceptors (Lipinski definition) is 1. The monoisotopic (exact) mass is 288 g/mol. The van der Waals surface area contributed by atoms with Crippen LogP contribution in [0.5, 0.6) is 0 Å². The SMILES string of the molecule is Fc1ccc2c(-c3ccccc3)c(-c3ccccc3)nn2c1. The minimum atomic E-state index is -0.297. The predicted octanol–water partition coefficient (Wildman–Crippen LogP) is 4.81. The highest BCUT2D eigenvalue weighted by atomic mass is 19.1. The Kier molecular flexibility index (Phi) is 2.97. The van der Waals surface area contributed by atoms with Gasteiger partial charge in [-0.3, -0.25) is 0 Å². The summed E-state index contributed by atoms with van der Waals surface area (Å²) in [5, 5.41) is 4.60. The van der Waals surface area contributed by atoms with Gasteiger partial charge in [-0.2, -0.15) is 5.10 Å². The van der Waals surface area contributed by atoms with Crippen molar-refractivity contribution in [2.45, 2.75) is 0 Å². The van der Waals surface area contributed by atoms with Gasteiger partial charge < -0.3 is 0 Å². The highest BCUT2D eigenvalue weighted by Gasteiger charge is 2.16. The third kappa shape index (κ3) is 2.07. The molecule has 106 valence electrons. The van der Waals surface area contributed by atoms with Crippen LogP contribution in [0.25, 0.3) is 27.9 Å². The van der Waals surface area contributed by atoms with Crippen LogP contribution in [0.4, 0.5) is 4.39 Å². The van der Waals surface area contributed by atoms with Crippen molar-refractivity contribution in [2.24, 2.45) is 0 Å². The van der Waals surface area contributed by atoms with Crippen LogP contribution in [0, 0.1) is 5.82 Å². The summed E-state index contributed by atoms with van der Waals surface area (Å²) >= 11 is 0. The van der Waals surface area contributed by atoms with Crippen LogP contribution in [-0.2, 0) is 0 Å². The lowest BCUT2D eigenvalue weighted by Crippen LogP contribution is -1.88. The first-order valence-electron chi connectivity index (χ1n) is 7.12. The van der Waals surface area contributed by atoms with Gasteiger partial charge in [-0.15, -0.1) is 0 Å². The standard InChI is InChI=1S/C19H13FN2/c20-16-11-12-17-18(14-7-3-1-4-8-14)19(21-22(17)13-16)15-9-5-2-6-10-15/h1-13H. The van der Waals surface area contributed by atoms with E-state index >= 15 is 0 Å². The van der Waals surface area contributed by atoms with Crippen LogP contribution in [0.3, 0.4) is 0 Å². The van der Waals surface area contributed by atoms with Crippen molar-refractivity contribution >= 4 is 5.52 Å². The summed E-state index contributed by atoms with van der Waals surface area (Å²) in [5.74, 6) is -0.297. The van der Waals surface area contributed by atoms with Crippen LogP contribution in [0.15, 0.2) is 79.0 Å². The zero-order chi connectivity index (χ0) is 14.9. The first-order chi connectivity index (χ1) is 10.8. The molecule has 0 spiro atoms. The van der Waals surface area contributed by atoms with Gasteiger partial charge in [0.05, 0.1) is 11.7 Å². The molecule has 0 N–H and O–H groups in total. The average molecular weight is 288 g/mol. The third-order valence-electron chi connectivity index (χ3n) is 3.70. The number of benzene rings is 2. The maximum absolute atomic E-state index is 13.5. The molecule has 0 atom stereocenters. The van der Waals surface area contributed by atoms with Gasteiger partial charge >= 0.3 is 0 Å². The van der Waals surface area contributed by atoms with Crippen molar-refractivity contribution in [3.05, 3.63) is 84.8 Å². The molecule has 2 heterocycles. The van der Waals surface area contributed by atoms with Crippen LogP contribution in [0.2, 0.25) is 0 Å². The van der Waals surface area contributed by atoms with E-state index in [1.165, 1.54) is 12.3 Å². The summed E-state index contributed by atoms with van der Waals surface area (Å²) in [6, 6.07) is 23.3. The van der Waals surface area contributed by atoms with E-state index < -0.39 is 0 Å². The fourth-order valence-corrected chi connectivity index (χ4v) is 2.71. The second kappa shape index (κ2) is 5.11. The normalized spacial score (nSPS) is 11.0. The van der Waals surface area contributed by atoms with Gasteiger partial charge in [0.2, 0.25) is 0 Å². The van der Waals surface area contributed by atoms with E-state index in [-0.39, 0.29) is 5.82 Å². The molecule has 0 saturated heterocycles. The molecule has 2 aromatic heterocycles. The lowest BCUT2D eigenvalue weighted by Gasteiger charge is -2.03. The van der Waals surface area contributed by atoms with Crippen molar-refractivity contribution < 1.29 is 4.39 Å². The Labute approximate surface area is 127 Å². The molecule has 0 aliphatic carbocycles. The molecule has 22 heavy (non-hydrogen) atoms. The molecule has 0 radical (unpaired) electrons. The van der Waals surface area contributed by atoms with E-state index in [4.69, 9.17) is 0 Å². The van der Waals surface area contributed by atoms with E-state index in [2.05, 4.69) is 5.10 Å². The Morgan fingerprint density at radius 1 is 0.727 bits per heavy atom. The number of pyridine rings is 1. The van der Waals surface area contributed by atoms with E-state index in [9.17, 15) is 4.39 Å². The van der Waals surface area contributed by atoms with E-state index in [0.29, 0.717) is 0 Å². The quantitative estimate of drug-likeness (QED) is 0.517. The Balaban J connectivity index is 2.07. The van der Waals surface area contributed by atoms with E-state index in [1.54, 1.807) is 10.6 Å². The van der Waals surface area contributed by atoms with Crippen LogP contribution >= 0.6 is 0 Å². The summed E-state index contributed by atoms with van der Waals surface area (Å²) < 4.78 is 15.1. The van der Waals surface area contributed by atoms with Crippen LogP contribution in [-0.4, -0.2) is 9.61 Å². The van der Waals surface area contributed by atoms with Crippen molar-refractivity contribution in [3.8, 4) is 22.4 Å². The molecule has 2 aromatic carbocycles. The van der Waals surface area contributed by atoms with Gasteiger partial charge in [0.15, 0.2) is 0 Å². The highest BCUT2D eigenvalue weighted by Crippen LogP contribution is 2.34. The number of nitrogens with zero attached hydrogens (tertiary/aromatic N) is 2. The second-order valence-electron chi connectivity index (χ2n) is 5.13. The molecule has 4 rings (SSSR count). The van der Waals surface area contributed by atoms with E-state index in [1.807, 2.05) is 60.7 Å². The summed E-state index contributed by atoms with van der Waals surface area (Å²) in [5.41, 5.74) is 4.86. The van der Waals surface area contributed by atoms with Gasteiger partial charge in [0.1, 0.15) is 11.5 Å². The molecule has 0 aliphatic heterocycles. The fourth-order valence-electron chi connectivity index (χ4n) is 2.71. The second-order valence-corrected chi connectivity index (χ2v) is 5.13. The molecule has 0 unspecified atom stereocenters. The smallest absolute Gasteiger partial charge is 0.141 e. The topological polar surface area (TPSA) is 17.3 Å². The molecule has 0 aliphatic rings. The first-order valence-corrected chi connectivity index (χ1v) is 7.12. The Morgan fingerprint density at radius 2 is 1.36 bits per heavy atom. The minimum Gasteiger partial charge on any atom is -0.237 e. The summed E-state index contributed by atoms with van der Waals surface area (Å²) in [6.45, 7) is 0. The van der Waals surface area contributed by atoms with Crippen molar-refractivity contribution in [3.63, 3.8) is 0 Å². The Bertz CT molecular complexity index is 928. The predicted molar refractivity (Wildman–Crippen MR) is 86.0 cm³/mol. The Hall–Kier alpha value is -2.94. The van der Waals surface area contributed by atoms with E-state index in [0.717, 1.165) is 27.9 Å². The van der Waals surface area contributed by atoms with Crippen LogP contribution < -0.4 is 0 Å². The number of fused-ring (bicyclic) bond motifs is 1. The lowest BCUT2D eigenvalue weighted by molar-refractivity contribution is 0.615. The highest BCUT2D eigenvalue weighted by molar-refractivity contribution is 5.92. The Morgan fingerprint density at radius 3 is 2.05 bits per heavy atom. The zero-order valence-corrected chi connectivity index (χ0v) is 11.8. The molecule has 4 aromatic rings. The van der Waals surface area contributed by atoms with Gasteiger partial charge in [-0.25, -0.2) is 8.91 Å².